The first-order valence-electron chi connectivity index (χ1n) is 7.97. The minimum absolute atomic E-state index is 0.0273. The molecule has 1 fully saturated rings. The Morgan fingerprint density at radius 3 is 2.48 bits per heavy atom. The maximum Gasteiger partial charge on any atom is 0.320 e. The molecule has 1 aromatic rings. The summed E-state index contributed by atoms with van der Waals surface area (Å²) in [4.78, 5) is 25.2. The zero-order chi connectivity index (χ0) is 17.0. The zero-order valence-corrected chi connectivity index (χ0v) is 14.0. The SMILES string of the molecule is CC(C)(C)OC(=O)CN1CC(Cc2ccccc2)CC1C(=O)O. The van der Waals surface area contributed by atoms with Crippen LogP contribution >= 0.6 is 0 Å². The molecule has 0 amide bonds. The highest BCUT2D eigenvalue weighted by Crippen LogP contribution is 2.26. The number of hydrogen-bond donors (Lipinski definition) is 1. The van der Waals surface area contributed by atoms with E-state index >= 15 is 0 Å². The molecule has 1 heterocycles. The molecule has 2 rings (SSSR count). The van der Waals surface area contributed by atoms with E-state index in [1.807, 2.05) is 51.1 Å². The van der Waals surface area contributed by atoms with Crippen LogP contribution < -0.4 is 0 Å². The first-order chi connectivity index (χ1) is 10.7. The summed E-state index contributed by atoms with van der Waals surface area (Å²) in [7, 11) is 0. The Bertz CT molecular complexity index is 550. The maximum absolute atomic E-state index is 12.0. The zero-order valence-electron chi connectivity index (χ0n) is 14.0. The minimum atomic E-state index is -0.871. The molecule has 1 N–H and O–H groups in total. The fourth-order valence-electron chi connectivity index (χ4n) is 3.06. The van der Waals surface area contributed by atoms with Gasteiger partial charge in [0.25, 0.3) is 0 Å². The molecule has 0 spiro atoms. The van der Waals surface area contributed by atoms with Crippen molar-refractivity contribution in [2.24, 2.45) is 5.92 Å². The van der Waals surface area contributed by atoms with E-state index in [1.54, 1.807) is 4.90 Å². The number of likely N-dealkylation sites (tertiary alicyclic amines) is 1. The molecule has 5 heteroatoms. The number of esters is 1. The number of benzene rings is 1. The van der Waals surface area contributed by atoms with Crippen LogP contribution in [0.2, 0.25) is 0 Å². The van der Waals surface area contributed by atoms with Crippen molar-refractivity contribution in [3.05, 3.63) is 35.9 Å². The Kier molecular flexibility index (Phi) is 5.42. The highest BCUT2D eigenvalue weighted by Gasteiger charge is 2.38. The molecule has 0 aliphatic carbocycles. The van der Waals surface area contributed by atoms with Gasteiger partial charge in [0.2, 0.25) is 0 Å². The second-order valence-electron chi connectivity index (χ2n) is 7.16. The van der Waals surface area contributed by atoms with E-state index in [0.29, 0.717) is 13.0 Å². The molecular weight excluding hydrogens is 294 g/mol. The van der Waals surface area contributed by atoms with E-state index in [9.17, 15) is 14.7 Å². The number of carbonyl (C=O) groups excluding carboxylic acids is 1. The lowest BCUT2D eigenvalue weighted by Gasteiger charge is -2.24. The van der Waals surface area contributed by atoms with E-state index in [4.69, 9.17) is 4.74 Å². The van der Waals surface area contributed by atoms with Crippen molar-refractivity contribution in [2.75, 3.05) is 13.1 Å². The number of nitrogens with zero attached hydrogens (tertiary/aromatic N) is 1. The van der Waals surface area contributed by atoms with E-state index in [2.05, 4.69) is 0 Å². The monoisotopic (exact) mass is 319 g/mol. The Hall–Kier alpha value is -1.88. The molecule has 0 aromatic heterocycles. The smallest absolute Gasteiger partial charge is 0.320 e. The van der Waals surface area contributed by atoms with Gasteiger partial charge in [-0.05, 0) is 45.1 Å². The molecule has 0 radical (unpaired) electrons. The van der Waals surface area contributed by atoms with E-state index in [0.717, 1.165) is 6.42 Å². The van der Waals surface area contributed by atoms with Crippen LogP contribution in [0.15, 0.2) is 30.3 Å². The summed E-state index contributed by atoms with van der Waals surface area (Å²) in [5.41, 5.74) is 0.639. The normalized spacial score (nSPS) is 22.0. The maximum atomic E-state index is 12.0. The van der Waals surface area contributed by atoms with Gasteiger partial charge < -0.3 is 9.84 Å². The van der Waals surface area contributed by atoms with Gasteiger partial charge in [0, 0.05) is 6.54 Å². The van der Waals surface area contributed by atoms with Gasteiger partial charge in [-0.1, -0.05) is 30.3 Å². The standard InChI is InChI=1S/C18H25NO4/c1-18(2,3)23-16(20)12-19-11-14(10-15(19)17(21)22)9-13-7-5-4-6-8-13/h4-8,14-15H,9-12H2,1-3H3,(H,21,22). The molecule has 2 unspecified atom stereocenters. The predicted octanol–water partition coefficient (Wildman–Crippen LogP) is 2.35. The molecule has 1 saturated heterocycles. The van der Waals surface area contributed by atoms with Crippen LogP contribution in [-0.4, -0.2) is 46.7 Å². The van der Waals surface area contributed by atoms with Crippen LogP contribution in [0.4, 0.5) is 0 Å². The summed E-state index contributed by atoms with van der Waals surface area (Å²) in [6.45, 7) is 6.05. The third-order valence-electron chi connectivity index (χ3n) is 3.89. The molecule has 1 aliphatic heterocycles. The van der Waals surface area contributed by atoms with Crippen LogP contribution in [0.25, 0.3) is 0 Å². The molecule has 1 aliphatic rings. The van der Waals surface area contributed by atoms with Crippen molar-refractivity contribution in [3.63, 3.8) is 0 Å². The van der Waals surface area contributed by atoms with Crippen molar-refractivity contribution in [1.82, 2.24) is 4.90 Å². The molecule has 0 saturated carbocycles. The van der Waals surface area contributed by atoms with Gasteiger partial charge in [-0.3, -0.25) is 14.5 Å². The van der Waals surface area contributed by atoms with Gasteiger partial charge >= 0.3 is 11.9 Å². The highest BCUT2D eigenvalue weighted by molar-refractivity contribution is 5.77. The predicted molar refractivity (Wildman–Crippen MR) is 87.1 cm³/mol. The summed E-state index contributed by atoms with van der Waals surface area (Å²) in [6, 6.07) is 9.41. The van der Waals surface area contributed by atoms with E-state index in [1.165, 1.54) is 5.56 Å². The molecule has 0 bridgehead atoms. The average molecular weight is 319 g/mol. The number of hydrogen-bond acceptors (Lipinski definition) is 4. The van der Waals surface area contributed by atoms with Crippen molar-refractivity contribution in [1.29, 1.82) is 0 Å². The molecule has 23 heavy (non-hydrogen) atoms. The summed E-state index contributed by atoms with van der Waals surface area (Å²) < 4.78 is 5.31. The fourth-order valence-corrected chi connectivity index (χ4v) is 3.06. The van der Waals surface area contributed by atoms with Crippen molar-refractivity contribution in [2.45, 2.75) is 45.3 Å². The van der Waals surface area contributed by atoms with E-state index in [-0.39, 0.29) is 18.4 Å². The van der Waals surface area contributed by atoms with Crippen molar-refractivity contribution < 1.29 is 19.4 Å². The van der Waals surface area contributed by atoms with Crippen molar-refractivity contribution in [3.8, 4) is 0 Å². The Labute approximate surface area is 137 Å². The molecular formula is C18H25NO4. The lowest BCUT2D eigenvalue weighted by molar-refractivity contribution is -0.157. The topological polar surface area (TPSA) is 66.8 Å². The lowest BCUT2D eigenvalue weighted by Crippen LogP contribution is -2.41. The number of carboxylic acids is 1. The van der Waals surface area contributed by atoms with Crippen LogP contribution in [-0.2, 0) is 20.7 Å². The second-order valence-corrected chi connectivity index (χ2v) is 7.16. The van der Waals surface area contributed by atoms with Gasteiger partial charge in [-0.2, -0.15) is 0 Å². The fraction of sp³-hybridized carbons (Fsp3) is 0.556. The van der Waals surface area contributed by atoms with Gasteiger partial charge in [-0.15, -0.1) is 0 Å². The average Bonchev–Trinajstić information content (AvgIpc) is 2.80. The van der Waals surface area contributed by atoms with Crippen molar-refractivity contribution >= 4 is 11.9 Å². The number of carboxylic acid groups (broad SMARTS) is 1. The summed E-state index contributed by atoms with van der Waals surface area (Å²) in [6.07, 6.45) is 1.39. The van der Waals surface area contributed by atoms with Gasteiger partial charge in [-0.25, -0.2) is 0 Å². The van der Waals surface area contributed by atoms with Crippen LogP contribution in [0.1, 0.15) is 32.8 Å². The summed E-state index contributed by atoms with van der Waals surface area (Å²) in [5.74, 6) is -1.01. The number of carbonyl (C=O) groups is 2. The minimum Gasteiger partial charge on any atom is -0.480 e. The van der Waals surface area contributed by atoms with Gasteiger partial charge in [0.15, 0.2) is 0 Å². The number of ether oxygens (including phenoxy) is 1. The lowest BCUT2D eigenvalue weighted by atomic mass is 9.97. The molecule has 5 nitrogen and oxygen atoms in total. The largest absolute Gasteiger partial charge is 0.480 e. The highest BCUT2D eigenvalue weighted by atomic mass is 16.6. The number of aliphatic carboxylic acids is 1. The Balaban J connectivity index is 1.98. The molecule has 2 atom stereocenters. The first kappa shape index (κ1) is 17.5. The molecule has 1 aromatic carbocycles. The molecule has 126 valence electrons. The van der Waals surface area contributed by atoms with Crippen LogP contribution in [0, 0.1) is 5.92 Å². The van der Waals surface area contributed by atoms with Gasteiger partial charge in [0.1, 0.15) is 11.6 Å². The van der Waals surface area contributed by atoms with E-state index < -0.39 is 17.6 Å². The van der Waals surface area contributed by atoms with Crippen LogP contribution in [0.3, 0.4) is 0 Å². The summed E-state index contributed by atoms with van der Waals surface area (Å²) in [5, 5.41) is 9.42. The summed E-state index contributed by atoms with van der Waals surface area (Å²) >= 11 is 0. The Morgan fingerprint density at radius 2 is 1.91 bits per heavy atom. The third kappa shape index (κ3) is 5.36. The quantitative estimate of drug-likeness (QED) is 0.844. The van der Waals surface area contributed by atoms with Gasteiger partial charge in [0.05, 0.1) is 6.54 Å². The third-order valence-corrected chi connectivity index (χ3v) is 3.89. The Morgan fingerprint density at radius 1 is 1.26 bits per heavy atom. The van der Waals surface area contributed by atoms with Crippen LogP contribution in [0.5, 0.6) is 0 Å². The first-order valence-corrected chi connectivity index (χ1v) is 7.97. The number of rotatable bonds is 5. The second kappa shape index (κ2) is 7.13.